The lowest BCUT2D eigenvalue weighted by molar-refractivity contribution is -0.139. The van der Waals surface area contributed by atoms with Crippen LogP contribution in [0, 0.1) is 0 Å². The third-order valence-electron chi connectivity index (χ3n) is 3.06. The van der Waals surface area contributed by atoms with Crippen molar-refractivity contribution in [1.29, 1.82) is 0 Å². The normalized spacial score (nSPS) is 29.9. The van der Waals surface area contributed by atoms with Crippen LogP contribution in [0.1, 0.15) is 13.8 Å². The Hall–Kier alpha value is -0.750. The lowest BCUT2D eigenvalue weighted by Crippen LogP contribution is -2.57. The van der Waals surface area contributed by atoms with Crippen molar-refractivity contribution < 1.29 is 9.59 Å². The molecule has 2 aliphatic heterocycles. The van der Waals surface area contributed by atoms with E-state index >= 15 is 0 Å². The van der Waals surface area contributed by atoms with Crippen LogP contribution in [0.25, 0.3) is 0 Å². The molecule has 2 fully saturated rings. The average molecular weight is 257 g/mol. The zero-order valence-corrected chi connectivity index (χ0v) is 11.1. The maximum absolute atomic E-state index is 12.1. The van der Waals surface area contributed by atoms with Crippen molar-refractivity contribution in [2.75, 3.05) is 31.3 Å². The molecule has 2 saturated heterocycles. The smallest absolute Gasteiger partial charge is 0.242 e. The van der Waals surface area contributed by atoms with E-state index in [-0.39, 0.29) is 18.4 Å². The quantitative estimate of drug-likeness (QED) is 0.740. The number of nitrogens with zero attached hydrogens (tertiary/aromatic N) is 2. The monoisotopic (exact) mass is 257 g/mol. The molecule has 2 aliphatic rings. The van der Waals surface area contributed by atoms with E-state index in [9.17, 15) is 9.59 Å². The van der Waals surface area contributed by atoms with Crippen LogP contribution in [0.5, 0.6) is 0 Å². The van der Waals surface area contributed by atoms with Crippen molar-refractivity contribution in [3.05, 3.63) is 0 Å². The SMILES string of the molecule is C[C@@H]1CN(C(=O)CN2CSCC2=O)C[C@H](C)N1. The highest BCUT2D eigenvalue weighted by molar-refractivity contribution is 8.00. The van der Waals surface area contributed by atoms with Gasteiger partial charge in [0.1, 0.15) is 6.54 Å². The fourth-order valence-corrected chi connectivity index (χ4v) is 3.24. The Morgan fingerprint density at radius 1 is 1.41 bits per heavy atom. The van der Waals surface area contributed by atoms with Crippen LogP contribution in [-0.2, 0) is 9.59 Å². The molecule has 0 unspecified atom stereocenters. The molecule has 2 heterocycles. The minimum absolute atomic E-state index is 0.0704. The van der Waals surface area contributed by atoms with Crippen molar-refractivity contribution >= 4 is 23.6 Å². The number of carbonyl (C=O) groups excluding carboxylic acids is 2. The molecule has 0 aliphatic carbocycles. The van der Waals surface area contributed by atoms with Gasteiger partial charge in [-0.3, -0.25) is 9.59 Å². The Labute approximate surface area is 106 Å². The van der Waals surface area contributed by atoms with E-state index in [0.717, 1.165) is 13.1 Å². The van der Waals surface area contributed by atoms with Gasteiger partial charge in [0.2, 0.25) is 11.8 Å². The van der Waals surface area contributed by atoms with Gasteiger partial charge in [-0.05, 0) is 13.8 Å². The van der Waals surface area contributed by atoms with E-state index in [1.807, 2.05) is 4.90 Å². The maximum atomic E-state index is 12.1. The molecule has 2 atom stereocenters. The molecule has 2 amide bonds. The van der Waals surface area contributed by atoms with Crippen LogP contribution in [0.15, 0.2) is 0 Å². The van der Waals surface area contributed by atoms with Gasteiger partial charge in [-0.1, -0.05) is 0 Å². The van der Waals surface area contributed by atoms with Crippen LogP contribution >= 0.6 is 11.8 Å². The second kappa shape index (κ2) is 5.27. The topological polar surface area (TPSA) is 52.7 Å². The first-order valence-electron chi connectivity index (χ1n) is 5.95. The molecule has 0 aromatic carbocycles. The molecular weight excluding hydrogens is 238 g/mol. The summed E-state index contributed by atoms with van der Waals surface area (Å²) >= 11 is 1.57. The van der Waals surface area contributed by atoms with Crippen LogP contribution in [-0.4, -0.2) is 65.0 Å². The van der Waals surface area contributed by atoms with E-state index in [1.165, 1.54) is 0 Å². The minimum atomic E-state index is 0.0704. The predicted molar refractivity (Wildman–Crippen MR) is 67.7 cm³/mol. The van der Waals surface area contributed by atoms with Crippen molar-refractivity contribution in [2.24, 2.45) is 0 Å². The summed E-state index contributed by atoms with van der Waals surface area (Å²) in [4.78, 5) is 27.0. The molecule has 5 nitrogen and oxygen atoms in total. The van der Waals surface area contributed by atoms with Crippen molar-refractivity contribution in [3.63, 3.8) is 0 Å². The largest absolute Gasteiger partial charge is 0.338 e. The Morgan fingerprint density at radius 2 is 2.06 bits per heavy atom. The second-order valence-corrected chi connectivity index (χ2v) is 5.79. The van der Waals surface area contributed by atoms with Gasteiger partial charge < -0.3 is 15.1 Å². The highest BCUT2D eigenvalue weighted by Crippen LogP contribution is 2.15. The molecule has 2 rings (SSSR count). The highest BCUT2D eigenvalue weighted by Gasteiger charge is 2.28. The van der Waals surface area contributed by atoms with Gasteiger partial charge in [0, 0.05) is 25.2 Å². The van der Waals surface area contributed by atoms with Gasteiger partial charge in [0.25, 0.3) is 0 Å². The molecule has 0 saturated carbocycles. The van der Waals surface area contributed by atoms with E-state index < -0.39 is 0 Å². The number of hydrogen-bond acceptors (Lipinski definition) is 4. The molecule has 0 aromatic heterocycles. The molecule has 0 radical (unpaired) electrons. The van der Waals surface area contributed by atoms with Crippen LogP contribution in [0.4, 0.5) is 0 Å². The Balaban J connectivity index is 1.88. The summed E-state index contributed by atoms with van der Waals surface area (Å²) in [5.41, 5.74) is 0. The fourth-order valence-electron chi connectivity index (χ4n) is 2.33. The zero-order chi connectivity index (χ0) is 12.4. The number of hydrogen-bond donors (Lipinski definition) is 1. The van der Waals surface area contributed by atoms with Gasteiger partial charge in [0.05, 0.1) is 11.6 Å². The van der Waals surface area contributed by atoms with Crippen LogP contribution in [0.2, 0.25) is 0 Å². The standard InChI is InChI=1S/C11H19N3O2S/c1-8-3-13(4-9(2)12-8)10(15)5-14-7-17-6-11(14)16/h8-9,12H,3-7H2,1-2H3/t8-,9+. The zero-order valence-electron chi connectivity index (χ0n) is 10.3. The lowest BCUT2D eigenvalue weighted by Gasteiger charge is -2.36. The highest BCUT2D eigenvalue weighted by atomic mass is 32.2. The summed E-state index contributed by atoms with van der Waals surface area (Å²) in [5.74, 6) is 1.32. The Morgan fingerprint density at radius 3 is 2.59 bits per heavy atom. The summed E-state index contributed by atoms with van der Waals surface area (Å²) in [5, 5.41) is 3.39. The number of rotatable bonds is 2. The first-order valence-corrected chi connectivity index (χ1v) is 7.11. The molecule has 0 aromatic rings. The van der Waals surface area contributed by atoms with Crippen molar-refractivity contribution in [1.82, 2.24) is 15.1 Å². The third-order valence-corrected chi connectivity index (χ3v) is 4.01. The number of nitrogens with one attached hydrogen (secondary N) is 1. The summed E-state index contributed by atoms with van der Waals surface area (Å²) in [7, 11) is 0. The van der Waals surface area contributed by atoms with E-state index in [1.54, 1.807) is 16.7 Å². The van der Waals surface area contributed by atoms with Gasteiger partial charge in [-0.2, -0.15) is 0 Å². The Bertz CT molecular complexity index is 314. The van der Waals surface area contributed by atoms with E-state index in [4.69, 9.17) is 0 Å². The average Bonchev–Trinajstić information content (AvgIpc) is 2.63. The van der Waals surface area contributed by atoms with Crippen molar-refractivity contribution in [2.45, 2.75) is 25.9 Å². The Kier molecular flexibility index (Phi) is 3.93. The maximum Gasteiger partial charge on any atom is 0.242 e. The number of thioether (sulfide) groups is 1. The first-order chi connectivity index (χ1) is 8.06. The lowest BCUT2D eigenvalue weighted by atomic mass is 10.1. The number of amides is 2. The predicted octanol–water partition coefficient (Wildman–Crippen LogP) is -0.272. The van der Waals surface area contributed by atoms with Gasteiger partial charge in [-0.15, -0.1) is 11.8 Å². The van der Waals surface area contributed by atoms with Crippen LogP contribution < -0.4 is 5.32 Å². The molecule has 17 heavy (non-hydrogen) atoms. The molecule has 0 bridgehead atoms. The second-order valence-electron chi connectivity index (χ2n) is 4.84. The number of piperazine rings is 1. The minimum Gasteiger partial charge on any atom is -0.338 e. The van der Waals surface area contributed by atoms with Gasteiger partial charge in [0.15, 0.2) is 0 Å². The molecule has 6 heteroatoms. The van der Waals surface area contributed by atoms with E-state index in [0.29, 0.717) is 23.7 Å². The fraction of sp³-hybridized carbons (Fsp3) is 0.818. The number of carbonyl (C=O) groups is 2. The molecule has 1 N–H and O–H groups in total. The molecular formula is C11H19N3O2S. The first kappa shape index (κ1) is 12.7. The summed E-state index contributed by atoms with van der Waals surface area (Å²) in [6, 6.07) is 0.651. The third kappa shape index (κ3) is 3.13. The summed E-state index contributed by atoms with van der Waals surface area (Å²) in [6.07, 6.45) is 0. The van der Waals surface area contributed by atoms with E-state index in [2.05, 4.69) is 19.2 Å². The van der Waals surface area contributed by atoms with Gasteiger partial charge >= 0.3 is 0 Å². The van der Waals surface area contributed by atoms with Crippen molar-refractivity contribution in [3.8, 4) is 0 Å². The molecule has 0 spiro atoms. The van der Waals surface area contributed by atoms with Gasteiger partial charge in [-0.25, -0.2) is 0 Å². The summed E-state index contributed by atoms with van der Waals surface area (Å²) in [6.45, 7) is 5.86. The summed E-state index contributed by atoms with van der Waals surface area (Å²) < 4.78 is 0. The van der Waals surface area contributed by atoms with Crippen LogP contribution in [0.3, 0.4) is 0 Å². The molecule has 96 valence electrons.